The third-order valence-electron chi connectivity index (χ3n) is 5.53. The van der Waals surface area contributed by atoms with Crippen LogP contribution in [0.15, 0.2) is 78.6 Å². The van der Waals surface area contributed by atoms with Crippen molar-refractivity contribution >= 4 is 23.1 Å². The second-order valence-electron chi connectivity index (χ2n) is 8.33. The minimum absolute atomic E-state index is 0.0330. The zero-order valence-electron chi connectivity index (χ0n) is 19.1. The van der Waals surface area contributed by atoms with Crippen LogP contribution in [0.25, 0.3) is 5.76 Å². The van der Waals surface area contributed by atoms with Gasteiger partial charge in [0.05, 0.1) is 22.6 Å². The lowest BCUT2D eigenvalue weighted by atomic mass is 9.95. The molecule has 1 saturated heterocycles. The van der Waals surface area contributed by atoms with E-state index in [-0.39, 0.29) is 29.7 Å². The van der Waals surface area contributed by atoms with Crippen LogP contribution in [0.4, 0.5) is 5.69 Å². The Kier molecular flexibility index (Phi) is 6.59. The smallest absolute Gasteiger partial charge is 0.295 e. The first-order valence-corrected chi connectivity index (χ1v) is 10.9. The Labute approximate surface area is 201 Å². The number of aliphatic hydroxyl groups is 1. The van der Waals surface area contributed by atoms with Crippen molar-refractivity contribution in [1.29, 1.82) is 0 Å². The number of nitro groups is 1. The number of pyridine rings is 1. The van der Waals surface area contributed by atoms with Gasteiger partial charge in [0, 0.05) is 36.6 Å². The Morgan fingerprint density at radius 3 is 2.37 bits per heavy atom. The number of benzene rings is 2. The fourth-order valence-electron chi connectivity index (χ4n) is 3.98. The molecule has 0 radical (unpaired) electrons. The van der Waals surface area contributed by atoms with E-state index in [1.54, 1.807) is 48.8 Å². The normalized spacial score (nSPS) is 17.1. The highest BCUT2D eigenvalue weighted by Gasteiger charge is 2.46. The molecule has 0 aliphatic carbocycles. The number of non-ortho nitro benzene ring substituents is 1. The largest absolute Gasteiger partial charge is 0.507 e. The standard InChI is InChI=1S/C26H23N3O6/c1-16(2)35-21-11-7-19(8-12-21)24(30)22-23(18-5-9-20(10-6-18)29(33)34)28(26(32)25(22)31)15-17-4-3-13-27-14-17/h3-14,16,23,30H,15H2,1-2H3/b24-22+/t23-/m0/s1. The molecule has 1 aliphatic rings. The number of ether oxygens (including phenoxy) is 1. The highest BCUT2D eigenvalue weighted by Crippen LogP contribution is 2.40. The number of carbonyl (C=O) groups is 2. The summed E-state index contributed by atoms with van der Waals surface area (Å²) < 4.78 is 5.63. The van der Waals surface area contributed by atoms with Crippen molar-refractivity contribution < 1.29 is 24.4 Å². The molecule has 9 nitrogen and oxygen atoms in total. The number of aromatic nitrogens is 1. The maximum Gasteiger partial charge on any atom is 0.295 e. The number of Topliss-reactive ketones (excluding diaryl/α,β-unsaturated/α-hetero) is 1. The quantitative estimate of drug-likeness (QED) is 0.177. The molecule has 9 heteroatoms. The summed E-state index contributed by atoms with van der Waals surface area (Å²) in [6.07, 6.45) is 3.15. The van der Waals surface area contributed by atoms with Crippen molar-refractivity contribution in [2.75, 3.05) is 0 Å². The molecule has 1 aliphatic heterocycles. The summed E-state index contributed by atoms with van der Waals surface area (Å²) in [5.74, 6) is -1.35. The Bertz CT molecular complexity index is 1280. The number of likely N-dealkylation sites (tertiary alicyclic amines) is 1. The predicted octanol–water partition coefficient (Wildman–Crippen LogP) is 4.40. The van der Waals surface area contributed by atoms with Crippen molar-refractivity contribution in [3.63, 3.8) is 0 Å². The molecular formula is C26H23N3O6. The van der Waals surface area contributed by atoms with Gasteiger partial charge in [-0.25, -0.2) is 0 Å². The van der Waals surface area contributed by atoms with E-state index in [0.29, 0.717) is 22.4 Å². The van der Waals surface area contributed by atoms with Crippen LogP contribution in [0.3, 0.4) is 0 Å². The molecule has 1 aromatic heterocycles. The van der Waals surface area contributed by atoms with Gasteiger partial charge in [-0.15, -0.1) is 0 Å². The fourth-order valence-corrected chi connectivity index (χ4v) is 3.98. The van der Waals surface area contributed by atoms with E-state index in [1.807, 2.05) is 13.8 Å². The van der Waals surface area contributed by atoms with Gasteiger partial charge in [0.25, 0.3) is 17.4 Å². The van der Waals surface area contributed by atoms with E-state index in [2.05, 4.69) is 4.98 Å². The van der Waals surface area contributed by atoms with Gasteiger partial charge in [0.1, 0.15) is 11.5 Å². The minimum Gasteiger partial charge on any atom is -0.507 e. The lowest BCUT2D eigenvalue weighted by molar-refractivity contribution is -0.384. The van der Waals surface area contributed by atoms with Crippen LogP contribution in [0.2, 0.25) is 0 Å². The second kappa shape index (κ2) is 9.76. The number of ketones is 1. The Balaban J connectivity index is 1.80. The summed E-state index contributed by atoms with van der Waals surface area (Å²) in [7, 11) is 0. The molecule has 0 spiro atoms. The Morgan fingerprint density at radius 2 is 1.80 bits per heavy atom. The van der Waals surface area contributed by atoms with E-state index in [9.17, 15) is 24.8 Å². The fraction of sp³-hybridized carbons (Fsp3) is 0.192. The van der Waals surface area contributed by atoms with Crippen LogP contribution in [0, 0.1) is 10.1 Å². The Morgan fingerprint density at radius 1 is 1.11 bits per heavy atom. The summed E-state index contributed by atoms with van der Waals surface area (Å²) in [6.45, 7) is 3.85. The van der Waals surface area contributed by atoms with Gasteiger partial charge in [-0.05, 0) is 67.4 Å². The van der Waals surface area contributed by atoms with Gasteiger partial charge in [0.15, 0.2) is 0 Å². The average molecular weight is 473 g/mol. The van der Waals surface area contributed by atoms with E-state index >= 15 is 0 Å². The summed E-state index contributed by atoms with van der Waals surface area (Å²) in [4.78, 5) is 42.2. The molecule has 0 bridgehead atoms. The average Bonchev–Trinajstić information content (AvgIpc) is 3.09. The molecule has 1 amide bonds. The third kappa shape index (κ3) is 4.89. The summed E-state index contributed by atoms with van der Waals surface area (Å²) in [6, 6.07) is 14.7. The molecule has 4 rings (SSSR count). The molecule has 35 heavy (non-hydrogen) atoms. The second-order valence-corrected chi connectivity index (χ2v) is 8.33. The van der Waals surface area contributed by atoms with E-state index < -0.39 is 22.7 Å². The molecule has 3 aromatic rings. The van der Waals surface area contributed by atoms with E-state index in [4.69, 9.17) is 4.74 Å². The van der Waals surface area contributed by atoms with Crippen LogP contribution in [0.1, 0.15) is 36.6 Å². The van der Waals surface area contributed by atoms with Crippen LogP contribution in [0.5, 0.6) is 5.75 Å². The molecule has 2 aromatic carbocycles. The molecule has 178 valence electrons. The van der Waals surface area contributed by atoms with E-state index in [0.717, 1.165) is 0 Å². The number of nitro benzene ring substituents is 1. The SMILES string of the molecule is CC(C)Oc1ccc(/C(O)=C2\C(=O)C(=O)N(Cc3cccnc3)[C@H]2c2ccc([N+](=O)[O-])cc2)cc1. The van der Waals surface area contributed by atoms with E-state index in [1.165, 1.54) is 29.2 Å². The van der Waals surface area contributed by atoms with Gasteiger partial charge in [-0.1, -0.05) is 6.07 Å². The van der Waals surface area contributed by atoms with Crippen LogP contribution in [-0.4, -0.2) is 37.7 Å². The van der Waals surface area contributed by atoms with Gasteiger partial charge < -0.3 is 14.7 Å². The van der Waals surface area contributed by atoms with Gasteiger partial charge >= 0.3 is 0 Å². The third-order valence-corrected chi connectivity index (χ3v) is 5.53. The Hall–Kier alpha value is -4.53. The highest BCUT2D eigenvalue weighted by molar-refractivity contribution is 6.46. The minimum atomic E-state index is -0.942. The first-order chi connectivity index (χ1) is 16.8. The maximum absolute atomic E-state index is 13.1. The first-order valence-electron chi connectivity index (χ1n) is 10.9. The number of hydrogen-bond donors (Lipinski definition) is 1. The van der Waals surface area contributed by atoms with Gasteiger partial charge in [-0.2, -0.15) is 0 Å². The molecule has 1 fully saturated rings. The zero-order chi connectivity index (χ0) is 25.1. The van der Waals surface area contributed by atoms with Crippen LogP contribution >= 0.6 is 0 Å². The van der Waals surface area contributed by atoms with Crippen LogP contribution < -0.4 is 4.74 Å². The van der Waals surface area contributed by atoms with Gasteiger partial charge in [-0.3, -0.25) is 24.7 Å². The van der Waals surface area contributed by atoms with Crippen molar-refractivity contribution in [1.82, 2.24) is 9.88 Å². The number of carbonyl (C=O) groups excluding carboxylic acids is 2. The zero-order valence-corrected chi connectivity index (χ0v) is 19.1. The number of rotatable bonds is 7. The molecule has 1 atom stereocenters. The van der Waals surface area contributed by atoms with Crippen molar-refractivity contribution in [2.45, 2.75) is 32.5 Å². The number of aliphatic hydroxyl groups excluding tert-OH is 1. The lowest BCUT2D eigenvalue weighted by Gasteiger charge is -2.25. The van der Waals surface area contributed by atoms with Gasteiger partial charge in [0.2, 0.25) is 0 Å². The molecule has 0 saturated carbocycles. The highest BCUT2D eigenvalue weighted by atomic mass is 16.6. The monoisotopic (exact) mass is 473 g/mol. The molecular weight excluding hydrogens is 450 g/mol. The summed E-state index contributed by atoms with van der Waals surface area (Å²) >= 11 is 0. The van der Waals surface area contributed by atoms with Crippen molar-refractivity contribution in [3.8, 4) is 5.75 Å². The number of amides is 1. The molecule has 1 N–H and O–H groups in total. The van der Waals surface area contributed by atoms with Crippen molar-refractivity contribution in [2.24, 2.45) is 0 Å². The number of hydrogen-bond acceptors (Lipinski definition) is 7. The maximum atomic E-state index is 13.1. The molecule has 0 unspecified atom stereocenters. The molecule has 2 heterocycles. The lowest BCUT2D eigenvalue weighted by Crippen LogP contribution is -2.29. The summed E-state index contributed by atoms with van der Waals surface area (Å²) in [5, 5.41) is 22.3. The summed E-state index contributed by atoms with van der Waals surface area (Å²) in [5.41, 5.74) is 1.27. The topological polar surface area (TPSA) is 123 Å². The van der Waals surface area contributed by atoms with Crippen molar-refractivity contribution in [3.05, 3.63) is 105 Å². The first kappa shape index (κ1) is 23.6. The number of nitrogens with zero attached hydrogens (tertiary/aromatic N) is 3. The predicted molar refractivity (Wildman–Crippen MR) is 127 cm³/mol. The van der Waals surface area contributed by atoms with Crippen LogP contribution in [-0.2, 0) is 16.1 Å².